The lowest BCUT2D eigenvalue weighted by molar-refractivity contribution is 0.182. The van der Waals surface area contributed by atoms with Gasteiger partial charge in [0.15, 0.2) is 0 Å². The van der Waals surface area contributed by atoms with E-state index in [9.17, 15) is 18.0 Å². The molecule has 0 aliphatic carbocycles. The number of fused-ring (bicyclic) bond motifs is 2. The predicted octanol–water partition coefficient (Wildman–Crippen LogP) is 3.45. The van der Waals surface area contributed by atoms with E-state index in [-0.39, 0.29) is 15.8 Å². The number of carbonyl (C=O) groups is 1. The number of aromatic nitrogens is 1. The molecule has 2 aromatic heterocycles. The fourth-order valence-electron chi connectivity index (χ4n) is 4.26. The van der Waals surface area contributed by atoms with Gasteiger partial charge in [0.2, 0.25) is 10.0 Å². The molecule has 1 aliphatic rings. The van der Waals surface area contributed by atoms with E-state index in [0.717, 1.165) is 36.7 Å². The molecule has 0 atom stereocenters. The minimum atomic E-state index is -3.67. The highest BCUT2D eigenvalue weighted by molar-refractivity contribution is 7.89. The topological polar surface area (TPSA) is 115 Å². The number of amides is 2. The number of hydrogen-bond acceptors (Lipinski definition) is 7. The highest BCUT2D eigenvalue weighted by Crippen LogP contribution is 2.36. The zero-order valence-electron chi connectivity index (χ0n) is 19.0. The van der Waals surface area contributed by atoms with Crippen LogP contribution in [0.5, 0.6) is 0 Å². The molecule has 0 saturated carbocycles. The molecule has 12 heteroatoms. The van der Waals surface area contributed by atoms with Crippen LogP contribution >= 0.6 is 22.7 Å². The summed E-state index contributed by atoms with van der Waals surface area (Å²) < 4.78 is 29.8. The van der Waals surface area contributed by atoms with Crippen LogP contribution in [-0.2, 0) is 16.6 Å². The maximum absolute atomic E-state index is 13.2. The summed E-state index contributed by atoms with van der Waals surface area (Å²) in [6.07, 6.45) is 0. The molecule has 0 radical (unpaired) electrons. The van der Waals surface area contributed by atoms with E-state index in [1.165, 1.54) is 10.4 Å². The maximum Gasteiger partial charge on any atom is 0.319 e. The summed E-state index contributed by atoms with van der Waals surface area (Å²) >= 11 is 2.60. The third-order valence-corrected chi connectivity index (χ3v) is 9.89. The predicted molar refractivity (Wildman–Crippen MR) is 141 cm³/mol. The van der Waals surface area contributed by atoms with Crippen molar-refractivity contribution in [2.45, 2.75) is 18.4 Å². The Balaban J connectivity index is 1.31. The van der Waals surface area contributed by atoms with Crippen LogP contribution in [0.4, 0.5) is 9.80 Å². The minimum Gasteiger partial charge on any atom is -0.338 e. The number of nitrogens with zero attached hydrogens (tertiary/aromatic N) is 2. The highest BCUT2D eigenvalue weighted by atomic mass is 32.2. The number of hydrogen-bond donors (Lipinski definition) is 3. The summed E-state index contributed by atoms with van der Waals surface area (Å²) in [6.45, 7) is 4.89. The Labute approximate surface area is 210 Å². The van der Waals surface area contributed by atoms with Crippen molar-refractivity contribution in [1.29, 1.82) is 0 Å². The Morgan fingerprint density at radius 2 is 1.83 bits per heavy atom. The molecule has 0 spiro atoms. The Morgan fingerprint density at radius 3 is 2.60 bits per heavy atom. The van der Waals surface area contributed by atoms with Gasteiger partial charge >= 0.3 is 10.9 Å². The SMILES string of the molecule is CCNC(=O)Nc1sc2ccccc2c1CN1CCN(S(=O)(=O)c2ccc3sc(=O)[nH]c3c2)CC1. The minimum absolute atomic E-state index is 0.185. The first-order valence-electron chi connectivity index (χ1n) is 11.3. The van der Waals surface area contributed by atoms with Gasteiger partial charge in [0.05, 0.1) is 15.1 Å². The summed E-state index contributed by atoms with van der Waals surface area (Å²) in [4.78, 5) is 28.6. The van der Waals surface area contributed by atoms with Crippen LogP contribution in [0.2, 0.25) is 0 Å². The number of benzene rings is 2. The van der Waals surface area contributed by atoms with Crippen molar-refractivity contribution >= 4 is 64.0 Å². The number of aromatic amines is 1. The van der Waals surface area contributed by atoms with Crippen LogP contribution in [0.15, 0.2) is 52.2 Å². The summed E-state index contributed by atoms with van der Waals surface area (Å²) in [7, 11) is -3.67. The number of urea groups is 1. The highest BCUT2D eigenvalue weighted by Gasteiger charge is 2.29. The van der Waals surface area contributed by atoms with Crippen molar-refractivity contribution in [3.63, 3.8) is 0 Å². The van der Waals surface area contributed by atoms with E-state index in [0.29, 0.717) is 44.8 Å². The van der Waals surface area contributed by atoms with E-state index in [4.69, 9.17) is 0 Å². The van der Waals surface area contributed by atoms with E-state index < -0.39 is 10.0 Å². The number of carbonyl (C=O) groups excluding carboxylic acids is 1. The molecule has 35 heavy (non-hydrogen) atoms. The fraction of sp³-hybridized carbons (Fsp3) is 0.304. The van der Waals surface area contributed by atoms with Crippen LogP contribution in [0.3, 0.4) is 0 Å². The molecule has 3 N–H and O–H groups in total. The first kappa shape index (κ1) is 23.9. The molecule has 1 fully saturated rings. The van der Waals surface area contributed by atoms with Crippen molar-refractivity contribution in [3.05, 3.63) is 57.7 Å². The van der Waals surface area contributed by atoms with Crippen LogP contribution in [0, 0.1) is 0 Å². The molecule has 4 aromatic rings. The zero-order valence-corrected chi connectivity index (χ0v) is 21.5. The second-order valence-electron chi connectivity index (χ2n) is 8.24. The fourth-order valence-corrected chi connectivity index (χ4v) is 7.53. The molecular weight excluding hydrogens is 506 g/mol. The maximum atomic E-state index is 13.2. The molecule has 5 rings (SSSR count). The third-order valence-electron chi connectivity index (χ3n) is 6.00. The van der Waals surface area contributed by atoms with Gasteiger partial charge in [0.1, 0.15) is 5.00 Å². The third kappa shape index (κ3) is 4.84. The van der Waals surface area contributed by atoms with Crippen molar-refractivity contribution in [1.82, 2.24) is 19.5 Å². The van der Waals surface area contributed by atoms with E-state index in [2.05, 4.69) is 26.6 Å². The Morgan fingerprint density at radius 1 is 1.06 bits per heavy atom. The van der Waals surface area contributed by atoms with Gasteiger partial charge in [-0.15, -0.1) is 11.3 Å². The second kappa shape index (κ2) is 9.70. The average Bonchev–Trinajstić information content (AvgIpc) is 3.38. The smallest absolute Gasteiger partial charge is 0.319 e. The van der Waals surface area contributed by atoms with Crippen molar-refractivity contribution in [2.75, 3.05) is 38.0 Å². The van der Waals surface area contributed by atoms with Gasteiger partial charge in [0.25, 0.3) is 0 Å². The number of anilines is 1. The molecule has 9 nitrogen and oxygen atoms in total. The summed E-state index contributed by atoms with van der Waals surface area (Å²) in [5.41, 5.74) is 1.58. The first-order valence-corrected chi connectivity index (χ1v) is 14.3. The molecule has 0 bridgehead atoms. The van der Waals surface area contributed by atoms with E-state index >= 15 is 0 Å². The molecule has 3 heterocycles. The normalized spacial score (nSPS) is 15.6. The molecular formula is C23H25N5O4S3. The van der Waals surface area contributed by atoms with Crippen molar-refractivity contribution in [3.8, 4) is 0 Å². The van der Waals surface area contributed by atoms with Gasteiger partial charge < -0.3 is 10.3 Å². The molecule has 184 valence electrons. The monoisotopic (exact) mass is 531 g/mol. The lowest BCUT2D eigenvalue weighted by atomic mass is 10.1. The lowest BCUT2D eigenvalue weighted by Gasteiger charge is -2.34. The van der Waals surface area contributed by atoms with Crippen LogP contribution < -0.4 is 15.5 Å². The second-order valence-corrected chi connectivity index (χ2v) is 12.2. The summed E-state index contributed by atoms with van der Waals surface area (Å²) in [5.74, 6) is 0. The first-order chi connectivity index (χ1) is 16.8. The summed E-state index contributed by atoms with van der Waals surface area (Å²) in [5, 5.41) is 7.65. The number of nitrogens with one attached hydrogen (secondary N) is 3. The standard InChI is InChI=1S/C23H25N5O4S3/c1-2-24-22(29)26-21-17(16-5-3-4-6-19(16)33-21)14-27-9-11-28(12-10-27)35(31,32)15-7-8-20-18(13-15)25-23(30)34-20/h3-8,13H,2,9-12,14H2,1H3,(H,25,30)(H2,24,26,29). The van der Waals surface area contributed by atoms with Crippen molar-refractivity contribution < 1.29 is 13.2 Å². The van der Waals surface area contributed by atoms with Crippen LogP contribution in [-0.4, -0.2) is 61.4 Å². The number of sulfonamides is 1. The lowest BCUT2D eigenvalue weighted by Crippen LogP contribution is -2.48. The van der Waals surface area contributed by atoms with Gasteiger partial charge in [-0.2, -0.15) is 4.31 Å². The number of rotatable bonds is 6. The van der Waals surface area contributed by atoms with Gasteiger partial charge in [-0.3, -0.25) is 15.0 Å². The Bertz CT molecular complexity index is 1550. The van der Waals surface area contributed by atoms with E-state index in [1.807, 2.05) is 25.1 Å². The number of thiophene rings is 1. The van der Waals surface area contributed by atoms with Gasteiger partial charge in [-0.05, 0) is 36.6 Å². The number of thiazole rings is 1. The largest absolute Gasteiger partial charge is 0.338 e. The van der Waals surface area contributed by atoms with Crippen LogP contribution in [0.25, 0.3) is 20.3 Å². The zero-order chi connectivity index (χ0) is 24.6. The number of H-pyrrole nitrogens is 1. The van der Waals surface area contributed by atoms with Gasteiger partial charge in [0, 0.05) is 49.5 Å². The molecule has 1 aliphatic heterocycles. The molecule has 2 aromatic carbocycles. The summed E-state index contributed by atoms with van der Waals surface area (Å²) in [6, 6.07) is 12.6. The quantitative estimate of drug-likeness (QED) is 0.353. The Hall–Kier alpha value is -2.77. The molecule has 2 amide bonds. The Kier molecular flexibility index (Phi) is 6.64. The van der Waals surface area contributed by atoms with Crippen LogP contribution in [0.1, 0.15) is 12.5 Å². The van der Waals surface area contributed by atoms with E-state index in [1.54, 1.807) is 23.5 Å². The van der Waals surface area contributed by atoms with Gasteiger partial charge in [-0.1, -0.05) is 29.5 Å². The van der Waals surface area contributed by atoms with Gasteiger partial charge in [-0.25, -0.2) is 13.2 Å². The molecule has 1 saturated heterocycles. The number of piperazine rings is 1. The molecule has 0 unspecified atom stereocenters. The average molecular weight is 532 g/mol. The van der Waals surface area contributed by atoms with Crippen molar-refractivity contribution in [2.24, 2.45) is 0 Å².